The van der Waals surface area contributed by atoms with Crippen molar-refractivity contribution in [2.45, 2.75) is 13.3 Å². The molecule has 1 N–H and O–H groups in total. The predicted octanol–water partition coefficient (Wildman–Crippen LogP) is 0.999. The normalized spacial score (nSPS) is 9.31. The van der Waals surface area contributed by atoms with Gasteiger partial charge in [-0.15, -0.1) is 0 Å². The van der Waals surface area contributed by atoms with E-state index in [1.807, 2.05) is 0 Å². The molecule has 0 bridgehead atoms. The lowest BCUT2D eigenvalue weighted by Gasteiger charge is -2.00. The number of nitrogens with zero attached hydrogens (tertiary/aromatic N) is 1. The van der Waals surface area contributed by atoms with Crippen LogP contribution < -0.4 is 5.32 Å². The van der Waals surface area contributed by atoms with Crippen LogP contribution in [-0.2, 0) is 9.59 Å². The van der Waals surface area contributed by atoms with Crippen LogP contribution in [0.1, 0.15) is 13.3 Å². The Hall–Kier alpha value is -1.71. The van der Waals surface area contributed by atoms with Gasteiger partial charge in [0.15, 0.2) is 0 Å². The van der Waals surface area contributed by atoms with Crippen molar-refractivity contribution in [3.05, 3.63) is 24.4 Å². The molecule has 0 aliphatic carbocycles. The highest BCUT2D eigenvalue weighted by atomic mass is 16.2. The number of carbonyl (C=O) groups is 2. The number of nitrogens with one attached hydrogen (secondary N) is 1. The summed E-state index contributed by atoms with van der Waals surface area (Å²) < 4.78 is 0. The Bertz CT molecular complexity index is 309. The Balaban J connectivity index is 2.50. The highest BCUT2D eigenvalue weighted by molar-refractivity contribution is 6.03. The molecule has 0 spiro atoms. The lowest BCUT2D eigenvalue weighted by Crippen LogP contribution is -2.15. The molecule has 4 nitrogen and oxygen atoms in total. The zero-order valence-corrected chi connectivity index (χ0v) is 7.28. The van der Waals surface area contributed by atoms with E-state index in [1.54, 1.807) is 24.4 Å². The fraction of sp³-hybridized carbons (Fsp3) is 0.222. The van der Waals surface area contributed by atoms with E-state index in [0.717, 1.165) is 0 Å². The van der Waals surface area contributed by atoms with E-state index in [1.165, 1.54) is 6.92 Å². The summed E-state index contributed by atoms with van der Waals surface area (Å²) in [4.78, 5) is 25.5. The van der Waals surface area contributed by atoms with Gasteiger partial charge in [0.2, 0.25) is 5.91 Å². The summed E-state index contributed by atoms with van der Waals surface area (Å²) in [5.74, 6) is -0.0200. The molecule has 4 heteroatoms. The van der Waals surface area contributed by atoms with E-state index in [0.29, 0.717) is 5.82 Å². The van der Waals surface area contributed by atoms with Crippen LogP contribution in [0.4, 0.5) is 5.82 Å². The fourth-order valence-electron chi connectivity index (χ4n) is 0.850. The molecule has 0 aliphatic rings. The molecule has 1 aromatic heterocycles. The molecular weight excluding hydrogens is 168 g/mol. The zero-order chi connectivity index (χ0) is 9.68. The largest absolute Gasteiger partial charge is 0.310 e. The van der Waals surface area contributed by atoms with Crippen molar-refractivity contribution in [2.24, 2.45) is 0 Å². The van der Waals surface area contributed by atoms with Crippen LogP contribution in [0, 0.1) is 0 Å². The first-order chi connectivity index (χ1) is 6.18. The highest BCUT2D eigenvalue weighted by Gasteiger charge is 2.04. The maximum atomic E-state index is 11.1. The van der Waals surface area contributed by atoms with Crippen LogP contribution in [0.5, 0.6) is 0 Å². The standard InChI is InChI=1S/C9H10N2O2/c1-7(12)6-9(13)11-8-4-2-3-5-10-8/h2-5H,6H2,1H3,(H,10,11,13). The van der Waals surface area contributed by atoms with Crippen LogP contribution in [0.2, 0.25) is 0 Å². The fourth-order valence-corrected chi connectivity index (χ4v) is 0.850. The van der Waals surface area contributed by atoms with Crippen molar-refractivity contribution in [1.29, 1.82) is 0 Å². The lowest BCUT2D eigenvalue weighted by molar-refractivity contribution is -0.124. The average molecular weight is 178 g/mol. The molecule has 0 saturated carbocycles. The number of carbonyl (C=O) groups excluding carboxylic acids is 2. The van der Waals surface area contributed by atoms with E-state index >= 15 is 0 Å². The molecule has 0 atom stereocenters. The summed E-state index contributed by atoms with van der Waals surface area (Å²) in [7, 11) is 0. The molecule has 0 aliphatic heterocycles. The van der Waals surface area contributed by atoms with Gasteiger partial charge >= 0.3 is 0 Å². The van der Waals surface area contributed by atoms with Crippen molar-refractivity contribution >= 4 is 17.5 Å². The third-order valence-electron chi connectivity index (χ3n) is 1.34. The molecule has 1 aromatic rings. The molecule has 1 rings (SSSR count). The molecule has 1 amide bonds. The number of pyridine rings is 1. The summed E-state index contributed by atoms with van der Waals surface area (Å²) >= 11 is 0. The van der Waals surface area contributed by atoms with Gasteiger partial charge in [-0.25, -0.2) is 4.98 Å². The van der Waals surface area contributed by atoms with Crippen LogP contribution in [0.3, 0.4) is 0 Å². The Labute approximate surface area is 76.0 Å². The second-order valence-corrected chi connectivity index (χ2v) is 2.64. The van der Waals surface area contributed by atoms with Gasteiger partial charge in [0, 0.05) is 6.20 Å². The maximum absolute atomic E-state index is 11.1. The number of Topliss-reactive ketones (excluding diaryl/α,β-unsaturated/α-hetero) is 1. The van der Waals surface area contributed by atoms with Crippen molar-refractivity contribution in [2.75, 3.05) is 5.32 Å². The lowest BCUT2D eigenvalue weighted by atomic mass is 10.3. The van der Waals surface area contributed by atoms with E-state index in [-0.39, 0.29) is 18.1 Å². The van der Waals surface area contributed by atoms with Gasteiger partial charge in [-0.3, -0.25) is 9.59 Å². The summed E-state index contributed by atoms with van der Waals surface area (Å²) in [5.41, 5.74) is 0. The van der Waals surface area contributed by atoms with Crippen molar-refractivity contribution in [3.63, 3.8) is 0 Å². The molecule has 0 saturated heterocycles. The molecule has 13 heavy (non-hydrogen) atoms. The zero-order valence-electron chi connectivity index (χ0n) is 7.28. The number of hydrogen-bond acceptors (Lipinski definition) is 3. The summed E-state index contributed by atoms with van der Waals surface area (Å²) in [6.45, 7) is 1.37. The van der Waals surface area contributed by atoms with Crippen molar-refractivity contribution in [3.8, 4) is 0 Å². The monoisotopic (exact) mass is 178 g/mol. The molecular formula is C9H10N2O2. The van der Waals surface area contributed by atoms with E-state index < -0.39 is 0 Å². The quantitative estimate of drug-likeness (QED) is 0.702. The summed E-state index contributed by atoms with van der Waals surface area (Å²) in [6.07, 6.45) is 1.47. The van der Waals surface area contributed by atoms with E-state index in [4.69, 9.17) is 0 Å². The Morgan fingerprint density at radius 3 is 2.77 bits per heavy atom. The SMILES string of the molecule is CC(=O)CC(=O)Nc1ccccn1. The Morgan fingerprint density at radius 1 is 1.46 bits per heavy atom. The van der Waals surface area contributed by atoms with Crippen LogP contribution in [0.25, 0.3) is 0 Å². The summed E-state index contributed by atoms with van der Waals surface area (Å²) in [6, 6.07) is 5.18. The predicted molar refractivity (Wildman–Crippen MR) is 48.2 cm³/mol. The highest BCUT2D eigenvalue weighted by Crippen LogP contribution is 2.00. The third-order valence-corrected chi connectivity index (χ3v) is 1.34. The first-order valence-electron chi connectivity index (χ1n) is 3.89. The second-order valence-electron chi connectivity index (χ2n) is 2.64. The van der Waals surface area contributed by atoms with Crippen molar-refractivity contribution in [1.82, 2.24) is 4.98 Å². The minimum Gasteiger partial charge on any atom is -0.310 e. The molecule has 0 fully saturated rings. The van der Waals surface area contributed by atoms with Gasteiger partial charge < -0.3 is 5.32 Å². The number of anilines is 1. The van der Waals surface area contributed by atoms with Gasteiger partial charge in [0.25, 0.3) is 0 Å². The molecule has 1 heterocycles. The number of ketones is 1. The molecule has 68 valence electrons. The van der Waals surface area contributed by atoms with Gasteiger partial charge in [0.05, 0.1) is 6.42 Å². The first kappa shape index (κ1) is 9.38. The smallest absolute Gasteiger partial charge is 0.232 e. The topological polar surface area (TPSA) is 59.1 Å². The molecule has 0 unspecified atom stereocenters. The summed E-state index contributed by atoms with van der Waals surface area (Å²) in [5, 5.41) is 2.50. The number of aromatic nitrogens is 1. The second kappa shape index (κ2) is 4.35. The van der Waals surface area contributed by atoms with E-state index in [9.17, 15) is 9.59 Å². The number of amides is 1. The van der Waals surface area contributed by atoms with Gasteiger partial charge in [-0.05, 0) is 19.1 Å². The number of hydrogen-bond donors (Lipinski definition) is 1. The van der Waals surface area contributed by atoms with E-state index in [2.05, 4.69) is 10.3 Å². The van der Waals surface area contributed by atoms with Gasteiger partial charge in [0.1, 0.15) is 11.6 Å². The minimum absolute atomic E-state index is 0.101. The Morgan fingerprint density at radius 2 is 2.23 bits per heavy atom. The van der Waals surface area contributed by atoms with Crippen LogP contribution in [0.15, 0.2) is 24.4 Å². The van der Waals surface area contributed by atoms with Crippen molar-refractivity contribution < 1.29 is 9.59 Å². The average Bonchev–Trinajstić information content (AvgIpc) is 2.04. The van der Waals surface area contributed by atoms with Crippen LogP contribution >= 0.6 is 0 Å². The Kier molecular flexibility index (Phi) is 3.14. The minimum atomic E-state index is -0.328. The first-order valence-corrected chi connectivity index (χ1v) is 3.89. The molecule has 0 radical (unpaired) electrons. The van der Waals surface area contributed by atoms with Crippen LogP contribution in [-0.4, -0.2) is 16.7 Å². The third kappa shape index (κ3) is 3.46. The van der Waals surface area contributed by atoms with Gasteiger partial charge in [-0.2, -0.15) is 0 Å². The molecule has 0 aromatic carbocycles. The van der Waals surface area contributed by atoms with Gasteiger partial charge in [-0.1, -0.05) is 6.07 Å². The maximum Gasteiger partial charge on any atom is 0.232 e. The number of rotatable bonds is 3.